The number of rotatable bonds is 3. The van der Waals surface area contributed by atoms with E-state index in [2.05, 4.69) is 27.3 Å². The molecule has 3 aromatic heterocycles. The Morgan fingerprint density at radius 3 is 2.62 bits per heavy atom. The zero-order valence-electron chi connectivity index (χ0n) is 14.4. The third kappa shape index (κ3) is 2.42. The maximum Gasteiger partial charge on any atom is 0.207 e. The lowest BCUT2D eigenvalue weighted by Crippen LogP contribution is -2.04. The molecule has 0 aliphatic heterocycles. The highest BCUT2D eigenvalue weighted by Crippen LogP contribution is 2.42. The van der Waals surface area contributed by atoms with Gasteiger partial charge in [0, 0.05) is 22.9 Å². The van der Waals surface area contributed by atoms with Gasteiger partial charge in [-0.1, -0.05) is 30.3 Å². The number of benzene rings is 1. The van der Waals surface area contributed by atoms with E-state index in [1.165, 1.54) is 12.8 Å². The van der Waals surface area contributed by atoms with Crippen LogP contribution in [0.4, 0.5) is 5.95 Å². The SMILES string of the molecule is Cc1cc(-c2c(-c3ccccc3)nc(N)n3cnnc23)cc(C2CC2)n1. The topological polar surface area (TPSA) is 82.0 Å². The van der Waals surface area contributed by atoms with Gasteiger partial charge >= 0.3 is 0 Å². The third-order valence-corrected chi connectivity index (χ3v) is 4.79. The molecule has 5 rings (SSSR count). The maximum atomic E-state index is 6.16. The molecule has 26 heavy (non-hydrogen) atoms. The predicted octanol–water partition coefficient (Wildman–Crippen LogP) is 3.62. The molecule has 1 aromatic carbocycles. The summed E-state index contributed by atoms with van der Waals surface area (Å²) < 4.78 is 1.73. The molecule has 1 fully saturated rings. The second kappa shape index (κ2) is 5.62. The van der Waals surface area contributed by atoms with E-state index >= 15 is 0 Å². The van der Waals surface area contributed by atoms with Crippen LogP contribution in [0.25, 0.3) is 28.0 Å². The first-order valence-corrected chi connectivity index (χ1v) is 8.74. The van der Waals surface area contributed by atoms with Crippen molar-refractivity contribution in [3.8, 4) is 22.4 Å². The van der Waals surface area contributed by atoms with Crippen LogP contribution in [0, 0.1) is 6.92 Å². The van der Waals surface area contributed by atoms with Crippen LogP contribution in [0.15, 0.2) is 48.8 Å². The Balaban J connectivity index is 1.84. The van der Waals surface area contributed by atoms with Crippen LogP contribution in [0.3, 0.4) is 0 Å². The van der Waals surface area contributed by atoms with Crippen molar-refractivity contribution >= 4 is 11.6 Å². The average molecular weight is 342 g/mol. The molecule has 0 radical (unpaired) electrons. The van der Waals surface area contributed by atoms with Crippen LogP contribution in [-0.2, 0) is 0 Å². The second-order valence-electron chi connectivity index (χ2n) is 6.78. The first-order valence-electron chi connectivity index (χ1n) is 8.74. The van der Waals surface area contributed by atoms with Gasteiger partial charge in [-0.25, -0.2) is 4.98 Å². The summed E-state index contributed by atoms with van der Waals surface area (Å²) in [4.78, 5) is 9.40. The summed E-state index contributed by atoms with van der Waals surface area (Å²) in [5, 5.41) is 8.39. The van der Waals surface area contributed by atoms with E-state index in [0.717, 1.165) is 33.8 Å². The van der Waals surface area contributed by atoms with Gasteiger partial charge in [-0.3, -0.25) is 9.38 Å². The van der Waals surface area contributed by atoms with Gasteiger partial charge in [0.1, 0.15) is 6.33 Å². The van der Waals surface area contributed by atoms with Gasteiger partial charge in [-0.2, -0.15) is 0 Å². The third-order valence-electron chi connectivity index (χ3n) is 4.79. The van der Waals surface area contributed by atoms with E-state index in [4.69, 9.17) is 10.7 Å². The number of hydrogen-bond acceptors (Lipinski definition) is 5. The van der Waals surface area contributed by atoms with Gasteiger partial charge in [-0.05, 0) is 37.5 Å². The lowest BCUT2D eigenvalue weighted by atomic mass is 9.99. The number of hydrogen-bond donors (Lipinski definition) is 1. The summed E-state index contributed by atoms with van der Waals surface area (Å²) in [5.41, 5.74) is 12.8. The number of pyridine rings is 1. The molecule has 6 heteroatoms. The Hall–Kier alpha value is -3.28. The molecule has 0 unspecified atom stereocenters. The van der Waals surface area contributed by atoms with Crippen LogP contribution in [-0.4, -0.2) is 24.6 Å². The quantitative estimate of drug-likeness (QED) is 0.615. The lowest BCUT2D eigenvalue weighted by molar-refractivity contribution is 0.995. The van der Waals surface area contributed by atoms with Crippen molar-refractivity contribution in [2.24, 2.45) is 0 Å². The molecule has 4 aromatic rings. The highest BCUT2D eigenvalue weighted by molar-refractivity contribution is 5.90. The Kier molecular flexibility index (Phi) is 3.25. The minimum Gasteiger partial charge on any atom is -0.369 e. The van der Waals surface area contributed by atoms with E-state index < -0.39 is 0 Å². The Morgan fingerprint density at radius 2 is 1.85 bits per heavy atom. The van der Waals surface area contributed by atoms with Crippen LogP contribution < -0.4 is 5.73 Å². The summed E-state index contributed by atoms with van der Waals surface area (Å²) in [6.07, 6.45) is 4.02. The van der Waals surface area contributed by atoms with Crippen LogP contribution in [0.5, 0.6) is 0 Å². The first-order chi connectivity index (χ1) is 12.7. The molecule has 128 valence electrons. The van der Waals surface area contributed by atoms with Crippen molar-refractivity contribution in [3.05, 3.63) is 60.2 Å². The van der Waals surface area contributed by atoms with Crippen LogP contribution in [0.1, 0.15) is 30.1 Å². The summed E-state index contributed by atoms with van der Waals surface area (Å²) in [6, 6.07) is 14.3. The molecule has 0 bridgehead atoms. The Morgan fingerprint density at radius 1 is 1.04 bits per heavy atom. The van der Waals surface area contributed by atoms with Crippen molar-refractivity contribution in [3.63, 3.8) is 0 Å². The molecular formula is C20H18N6. The van der Waals surface area contributed by atoms with Crippen molar-refractivity contribution < 1.29 is 0 Å². The molecule has 3 heterocycles. The number of fused-ring (bicyclic) bond motifs is 1. The molecule has 2 N–H and O–H groups in total. The zero-order chi connectivity index (χ0) is 17.7. The van der Waals surface area contributed by atoms with Crippen molar-refractivity contribution in [2.45, 2.75) is 25.7 Å². The normalized spacial score (nSPS) is 14.0. The monoisotopic (exact) mass is 342 g/mol. The fourth-order valence-corrected chi connectivity index (χ4v) is 3.40. The number of nitrogens with zero attached hydrogens (tertiary/aromatic N) is 5. The Bertz CT molecular complexity index is 1110. The molecule has 0 atom stereocenters. The fourth-order valence-electron chi connectivity index (χ4n) is 3.40. The average Bonchev–Trinajstić information content (AvgIpc) is 3.39. The summed E-state index contributed by atoms with van der Waals surface area (Å²) in [6.45, 7) is 2.03. The van der Waals surface area contributed by atoms with Crippen molar-refractivity contribution in [1.29, 1.82) is 0 Å². The van der Waals surface area contributed by atoms with Crippen molar-refractivity contribution in [1.82, 2.24) is 24.6 Å². The zero-order valence-corrected chi connectivity index (χ0v) is 14.4. The largest absolute Gasteiger partial charge is 0.369 e. The van der Waals surface area contributed by atoms with Gasteiger partial charge in [0.25, 0.3) is 0 Å². The molecule has 6 nitrogen and oxygen atoms in total. The van der Waals surface area contributed by atoms with Gasteiger partial charge in [0.15, 0.2) is 5.65 Å². The van der Waals surface area contributed by atoms with Crippen molar-refractivity contribution in [2.75, 3.05) is 5.73 Å². The van der Waals surface area contributed by atoms with E-state index in [-0.39, 0.29) is 0 Å². The minimum absolute atomic E-state index is 0.376. The van der Waals surface area contributed by atoms with Gasteiger partial charge < -0.3 is 5.73 Å². The standard InChI is InChI=1S/C20H18N6/c1-12-9-15(10-16(23-12)13-7-8-13)17-18(14-5-3-2-4-6-14)24-20(21)26-11-22-25-19(17)26/h2-6,9-11,13H,7-8H2,1H3,(H2,21,24). The smallest absolute Gasteiger partial charge is 0.207 e. The second-order valence-corrected chi connectivity index (χ2v) is 6.78. The number of aryl methyl sites for hydroxylation is 1. The lowest BCUT2D eigenvalue weighted by Gasteiger charge is -2.13. The molecule has 0 amide bonds. The molecule has 1 saturated carbocycles. The van der Waals surface area contributed by atoms with E-state index in [1.807, 2.05) is 37.3 Å². The Labute approximate surface area is 150 Å². The molecule has 1 aliphatic carbocycles. The predicted molar refractivity (Wildman–Crippen MR) is 101 cm³/mol. The molecular weight excluding hydrogens is 324 g/mol. The fraction of sp³-hybridized carbons (Fsp3) is 0.200. The number of aromatic nitrogens is 5. The summed E-state index contributed by atoms with van der Waals surface area (Å²) in [7, 11) is 0. The van der Waals surface area contributed by atoms with E-state index in [1.54, 1.807) is 10.7 Å². The van der Waals surface area contributed by atoms with Crippen LogP contribution in [0.2, 0.25) is 0 Å². The number of nitrogen functional groups attached to an aromatic ring is 1. The molecule has 0 spiro atoms. The van der Waals surface area contributed by atoms with Crippen LogP contribution >= 0.6 is 0 Å². The van der Waals surface area contributed by atoms with Gasteiger partial charge in [-0.15, -0.1) is 10.2 Å². The van der Waals surface area contributed by atoms with E-state index in [9.17, 15) is 0 Å². The van der Waals surface area contributed by atoms with Gasteiger partial charge in [0.2, 0.25) is 5.95 Å². The highest BCUT2D eigenvalue weighted by atomic mass is 15.3. The number of nitrogens with two attached hydrogens (primary N) is 1. The maximum absolute atomic E-state index is 6.16. The highest BCUT2D eigenvalue weighted by Gasteiger charge is 2.26. The molecule has 0 saturated heterocycles. The first kappa shape index (κ1) is 15.0. The minimum atomic E-state index is 0.376. The van der Waals surface area contributed by atoms with Gasteiger partial charge in [0.05, 0.1) is 11.3 Å². The summed E-state index contributed by atoms with van der Waals surface area (Å²) in [5.74, 6) is 0.949. The van der Waals surface area contributed by atoms with E-state index in [0.29, 0.717) is 17.5 Å². The molecule has 1 aliphatic rings. The number of anilines is 1. The summed E-state index contributed by atoms with van der Waals surface area (Å²) >= 11 is 0.